The fourth-order valence-corrected chi connectivity index (χ4v) is 1.13. The number of aldehydes is 1. The van der Waals surface area contributed by atoms with Gasteiger partial charge in [-0.1, -0.05) is 13.8 Å². The molecule has 0 unspecified atom stereocenters. The molecule has 0 fully saturated rings. The number of carbonyl (C=O) groups excluding carboxylic acids is 1. The predicted octanol–water partition coefficient (Wildman–Crippen LogP) is 1.43. The summed E-state index contributed by atoms with van der Waals surface area (Å²) < 4.78 is 5.38. The summed E-state index contributed by atoms with van der Waals surface area (Å²) in [6.45, 7) is 3.70. The zero-order chi connectivity index (χ0) is 11.0. The van der Waals surface area contributed by atoms with Gasteiger partial charge >= 0.3 is 0 Å². The van der Waals surface area contributed by atoms with E-state index in [-0.39, 0.29) is 19.1 Å². The van der Waals surface area contributed by atoms with Crippen LogP contribution in [-0.4, -0.2) is 30.0 Å². The third-order valence-corrected chi connectivity index (χ3v) is 2.03. The molecule has 0 heterocycles. The van der Waals surface area contributed by atoms with Crippen molar-refractivity contribution in [3.63, 3.8) is 0 Å². The Balaban J connectivity index is 3.88. The van der Waals surface area contributed by atoms with E-state index in [1.54, 1.807) is 0 Å². The van der Waals surface area contributed by atoms with Gasteiger partial charge in [-0.2, -0.15) is 0 Å². The van der Waals surface area contributed by atoms with Crippen molar-refractivity contribution in [1.29, 1.82) is 0 Å². The zero-order valence-corrected chi connectivity index (χ0v) is 8.64. The van der Waals surface area contributed by atoms with E-state index in [4.69, 9.17) is 4.74 Å². The van der Waals surface area contributed by atoms with Crippen LogP contribution >= 0.6 is 0 Å². The third kappa shape index (κ3) is 5.64. The lowest BCUT2D eigenvalue weighted by atomic mass is 10.2. The Morgan fingerprint density at radius 2 is 2.00 bits per heavy atom. The molecule has 5 nitrogen and oxygen atoms in total. The van der Waals surface area contributed by atoms with Crippen molar-refractivity contribution < 1.29 is 14.5 Å². The average Bonchev–Trinajstić information content (AvgIpc) is 2.18. The molecule has 0 N–H and O–H groups in total. The smallest absolute Gasteiger partial charge is 0.206 e. The van der Waals surface area contributed by atoms with Crippen molar-refractivity contribution >= 4 is 6.29 Å². The number of nitrogens with zero attached hydrogens (tertiary/aromatic N) is 1. The van der Waals surface area contributed by atoms with E-state index in [2.05, 4.69) is 0 Å². The number of hydrogen-bond donors (Lipinski definition) is 0. The second-order valence-electron chi connectivity index (χ2n) is 3.09. The minimum Gasteiger partial charge on any atom is -0.367 e. The number of ether oxygens (including phenoxy) is 1. The highest BCUT2D eigenvalue weighted by molar-refractivity contribution is 5.55. The van der Waals surface area contributed by atoms with Gasteiger partial charge in [0.25, 0.3) is 0 Å². The predicted molar refractivity (Wildman–Crippen MR) is 51.8 cm³/mol. The van der Waals surface area contributed by atoms with Crippen LogP contribution in [0.2, 0.25) is 0 Å². The van der Waals surface area contributed by atoms with Crippen molar-refractivity contribution in [3.05, 3.63) is 10.1 Å². The van der Waals surface area contributed by atoms with Crippen LogP contribution in [0.15, 0.2) is 0 Å². The third-order valence-electron chi connectivity index (χ3n) is 2.03. The van der Waals surface area contributed by atoms with Crippen LogP contribution in [0.4, 0.5) is 0 Å². The Morgan fingerprint density at radius 3 is 2.36 bits per heavy atom. The Bertz CT molecular complexity index is 180. The summed E-state index contributed by atoms with van der Waals surface area (Å²) in [5, 5.41) is 10.1. The maximum absolute atomic E-state index is 10.5. The molecule has 1 atom stereocenters. The Morgan fingerprint density at radius 1 is 1.43 bits per heavy atom. The molecule has 0 aromatic rings. The summed E-state index contributed by atoms with van der Waals surface area (Å²) in [7, 11) is 0. The summed E-state index contributed by atoms with van der Waals surface area (Å²) in [6, 6.07) is 0. The lowest BCUT2D eigenvalue weighted by Crippen LogP contribution is -2.24. The van der Waals surface area contributed by atoms with Gasteiger partial charge in [-0.05, 0) is 12.8 Å². The molecule has 0 aromatic carbocycles. The SMILES string of the molecule is CCC(CC)O[C@H](C=O)CC[N+](=O)[O-]. The molecular weight excluding hydrogens is 186 g/mol. The van der Waals surface area contributed by atoms with E-state index in [1.165, 1.54) is 0 Å². The lowest BCUT2D eigenvalue weighted by molar-refractivity contribution is -0.481. The van der Waals surface area contributed by atoms with Crippen molar-refractivity contribution in [2.75, 3.05) is 6.54 Å². The number of nitro groups is 1. The van der Waals surface area contributed by atoms with Gasteiger partial charge in [0, 0.05) is 11.3 Å². The minimum absolute atomic E-state index is 0.0250. The summed E-state index contributed by atoms with van der Waals surface area (Å²) in [5.74, 6) is 0. The van der Waals surface area contributed by atoms with Crippen LogP contribution in [-0.2, 0) is 9.53 Å². The Labute approximate surface area is 83.6 Å². The molecule has 0 radical (unpaired) electrons. The van der Waals surface area contributed by atoms with Gasteiger partial charge < -0.3 is 9.53 Å². The highest BCUT2D eigenvalue weighted by Crippen LogP contribution is 2.07. The number of hydrogen-bond acceptors (Lipinski definition) is 4. The fourth-order valence-electron chi connectivity index (χ4n) is 1.13. The normalized spacial score (nSPS) is 12.8. The summed E-state index contributed by atoms with van der Waals surface area (Å²) in [4.78, 5) is 20.2. The Kier molecular flexibility index (Phi) is 6.92. The first-order valence-electron chi connectivity index (χ1n) is 4.86. The highest BCUT2D eigenvalue weighted by atomic mass is 16.6. The number of carbonyl (C=O) groups is 1. The van der Waals surface area contributed by atoms with Gasteiger partial charge in [0.2, 0.25) is 6.54 Å². The maximum atomic E-state index is 10.5. The fraction of sp³-hybridized carbons (Fsp3) is 0.889. The van der Waals surface area contributed by atoms with Crippen LogP contribution in [0.5, 0.6) is 0 Å². The van der Waals surface area contributed by atoms with Gasteiger partial charge in [-0.3, -0.25) is 10.1 Å². The molecule has 0 rings (SSSR count). The lowest BCUT2D eigenvalue weighted by Gasteiger charge is -2.17. The molecular formula is C9H17NO4. The summed E-state index contributed by atoms with van der Waals surface area (Å²) >= 11 is 0. The van der Waals surface area contributed by atoms with E-state index in [9.17, 15) is 14.9 Å². The quantitative estimate of drug-likeness (QED) is 0.340. The molecule has 14 heavy (non-hydrogen) atoms. The monoisotopic (exact) mass is 203 g/mol. The standard InChI is InChI=1S/C9H17NO4/c1-3-8(4-2)14-9(7-11)5-6-10(12)13/h7-9H,3-6H2,1-2H3/t9-/m0/s1. The summed E-state index contributed by atoms with van der Waals surface area (Å²) in [6.07, 6.45) is 1.83. The molecule has 0 aliphatic rings. The van der Waals surface area contributed by atoms with Crippen LogP contribution < -0.4 is 0 Å². The second kappa shape index (κ2) is 7.44. The topological polar surface area (TPSA) is 69.4 Å². The molecule has 5 heteroatoms. The zero-order valence-electron chi connectivity index (χ0n) is 8.64. The van der Waals surface area contributed by atoms with Gasteiger partial charge in [0.05, 0.1) is 6.10 Å². The van der Waals surface area contributed by atoms with Gasteiger partial charge in [-0.25, -0.2) is 0 Å². The molecule has 0 bridgehead atoms. The van der Waals surface area contributed by atoms with Crippen LogP contribution in [0.25, 0.3) is 0 Å². The van der Waals surface area contributed by atoms with E-state index < -0.39 is 11.0 Å². The first kappa shape index (κ1) is 13.0. The van der Waals surface area contributed by atoms with Gasteiger partial charge in [0.15, 0.2) is 0 Å². The van der Waals surface area contributed by atoms with Crippen LogP contribution in [0, 0.1) is 10.1 Å². The molecule has 82 valence electrons. The van der Waals surface area contributed by atoms with E-state index in [0.29, 0.717) is 6.29 Å². The van der Waals surface area contributed by atoms with E-state index >= 15 is 0 Å². The first-order valence-corrected chi connectivity index (χ1v) is 4.86. The molecule has 0 saturated carbocycles. The molecule has 0 aromatic heterocycles. The number of rotatable bonds is 8. The molecule has 0 spiro atoms. The molecule has 0 saturated heterocycles. The Hall–Kier alpha value is -0.970. The van der Waals surface area contributed by atoms with Gasteiger partial charge in [-0.15, -0.1) is 0 Å². The molecule has 0 amide bonds. The van der Waals surface area contributed by atoms with Crippen molar-refractivity contribution in [2.24, 2.45) is 0 Å². The minimum atomic E-state index is -0.634. The first-order chi connectivity index (χ1) is 6.63. The maximum Gasteiger partial charge on any atom is 0.206 e. The van der Waals surface area contributed by atoms with Crippen molar-refractivity contribution in [1.82, 2.24) is 0 Å². The van der Waals surface area contributed by atoms with E-state index in [0.717, 1.165) is 12.8 Å². The average molecular weight is 203 g/mol. The van der Waals surface area contributed by atoms with Crippen molar-refractivity contribution in [2.45, 2.75) is 45.3 Å². The van der Waals surface area contributed by atoms with Crippen molar-refractivity contribution in [3.8, 4) is 0 Å². The molecule has 0 aliphatic heterocycles. The van der Waals surface area contributed by atoms with Crippen LogP contribution in [0.1, 0.15) is 33.1 Å². The highest BCUT2D eigenvalue weighted by Gasteiger charge is 2.15. The second-order valence-corrected chi connectivity index (χ2v) is 3.09. The summed E-state index contributed by atoms with van der Waals surface area (Å²) in [5.41, 5.74) is 0. The van der Waals surface area contributed by atoms with E-state index in [1.807, 2.05) is 13.8 Å². The van der Waals surface area contributed by atoms with Crippen LogP contribution in [0.3, 0.4) is 0 Å². The largest absolute Gasteiger partial charge is 0.367 e. The van der Waals surface area contributed by atoms with Gasteiger partial charge in [0.1, 0.15) is 12.4 Å². The molecule has 0 aliphatic carbocycles.